The third kappa shape index (κ3) is 5.86. The Hall–Kier alpha value is -4.45. The summed E-state index contributed by atoms with van der Waals surface area (Å²) in [4.78, 5) is 17.6. The molecular weight excluding hydrogens is 482 g/mol. The molecule has 0 aliphatic rings. The summed E-state index contributed by atoms with van der Waals surface area (Å²) in [5, 5.41) is 14.2. The van der Waals surface area contributed by atoms with Crippen LogP contribution in [0.1, 0.15) is 13.3 Å². The average Bonchev–Trinajstić information content (AvgIpc) is 3.33. The predicted octanol–water partition coefficient (Wildman–Crippen LogP) is 3.54. The molecular formula is C25H26F2N8O2. The molecule has 10 nitrogen and oxygen atoms in total. The van der Waals surface area contributed by atoms with E-state index >= 15 is 4.39 Å². The molecule has 0 saturated carbocycles. The van der Waals surface area contributed by atoms with Crippen molar-refractivity contribution in [2.45, 2.75) is 13.3 Å². The zero-order valence-electron chi connectivity index (χ0n) is 20.6. The number of nitrogens with one attached hydrogen (secondary N) is 1. The molecule has 4 rings (SSSR count). The summed E-state index contributed by atoms with van der Waals surface area (Å²) < 4.78 is 36.4. The summed E-state index contributed by atoms with van der Waals surface area (Å²) in [6.07, 6.45) is 2.21. The lowest BCUT2D eigenvalue weighted by atomic mass is 10.0. The van der Waals surface area contributed by atoms with Crippen LogP contribution >= 0.6 is 0 Å². The van der Waals surface area contributed by atoms with Crippen LogP contribution in [-0.4, -0.2) is 63.2 Å². The highest BCUT2D eigenvalue weighted by Crippen LogP contribution is 2.32. The van der Waals surface area contributed by atoms with Gasteiger partial charge in [-0.25, -0.2) is 9.37 Å². The van der Waals surface area contributed by atoms with E-state index in [0.29, 0.717) is 23.2 Å². The lowest BCUT2D eigenvalue weighted by Gasteiger charge is -2.13. The number of aromatic nitrogens is 5. The molecule has 0 unspecified atom stereocenters. The number of rotatable bonds is 9. The van der Waals surface area contributed by atoms with Crippen LogP contribution in [0.3, 0.4) is 0 Å². The smallest absolute Gasteiger partial charge is 0.221 e. The summed E-state index contributed by atoms with van der Waals surface area (Å²) in [5.41, 5.74) is 8.22. The summed E-state index contributed by atoms with van der Waals surface area (Å²) in [5.74, 6) is -2.53. The Labute approximate surface area is 212 Å². The van der Waals surface area contributed by atoms with E-state index in [0.717, 1.165) is 16.8 Å². The molecule has 37 heavy (non-hydrogen) atoms. The SMILES string of the molecule is CC(=O)Nc1cccc(-c2cnc(N)c(-c3nnnn3-c3ccc(OCCCN(C)C)c(F)c3F)c2)c1. The summed E-state index contributed by atoms with van der Waals surface area (Å²) in [6.45, 7) is 2.41. The number of pyridine rings is 1. The van der Waals surface area contributed by atoms with E-state index in [9.17, 15) is 9.18 Å². The zero-order chi connectivity index (χ0) is 26.5. The monoisotopic (exact) mass is 508 g/mol. The number of nitrogen functional groups attached to an aromatic ring is 1. The topological polar surface area (TPSA) is 124 Å². The lowest BCUT2D eigenvalue weighted by molar-refractivity contribution is -0.114. The number of carbonyl (C=O) groups is 1. The molecule has 2 heterocycles. The maximum Gasteiger partial charge on any atom is 0.221 e. The Morgan fingerprint density at radius 3 is 2.70 bits per heavy atom. The molecule has 3 N–H and O–H groups in total. The van der Waals surface area contributed by atoms with Gasteiger partial charge in [0.05, 0.1) is 12.2 Å². The van der Waals surface area contributed by atoms with Gasteiger partial charge in [-0.1, -0.05) is 12.1 Å². The second-order valence-corrected chi connectivity index (χ2v) is 8.55. The first-order valence-corrected chi connectivity index (χ1v) is 11.4. The Bertz CT molecular complexity index is 1420. The second kappa shape index (κ2) is 11.1. The minimum absolute atomic E-state index is 0.0721. The Balaban J connectivity index is 1.66. The molecule has 0 radical (unpaired) electrons. The van der Waals surface area contributed by atoms with Crippen LogP contribution in [0.25, 0.3) is 28.2 Å². The van der Waals surface area contributed by atoms with Crippen molar-refractivity contribution in [2.75, 3.05) is 38.3 Å². The summed E-state index contributed by atoms with van der Waals surface area (Å²) in [6, 6.07) is 11.5. The van der Waals surface area contributed by atoms with Crippen molar-refractivity contribution in [2.24, 2.45) is 0 Å². The Kier molecular flexibility index (Phi) is 7.68. The van der Waals surface area contributed by atoms with Crippen molar-refractivity contribution >= 4 is 17.4 Å². The van der Waals surface area contributed by atoms with E-state index < -0.39 is 11.6 Å². The molecule has 0 spiro atoms. The van der Waals surface area contributed by atoms with Crippen LogP contribution in [0.2, 0.25) is 0 Å². The fourth-order valence-corrected chi connectivity index (χ4v) is 3.67. The van der Waals surface area contributed by atoms with Gasteiger partial charge in [0.1, 0.15) is 11.5 Å². The Morgan fingerprint density at radius 2 is 1.95 bits per heavy atom. The predicted molar refractivity (Wildman–Crippen MR) is 135 cm³/mol. The fourth-order valence-electron chi connectivity index (χ4n) is 3.67. The normalized spacial score (nSPS) is 11.1. The fraction of sp³-hybridized carbons (Fsp3) is 0.240. The number of hydrogen-bond donors (Lipinski definition) is 2. The first kappa shape index (κ1) is 25.6. The van der Waals surface area contributed by atoms with Crippen molar-refractivity contribution in [3.63, 3.8) is 0 Å². The van der Waals surface area contributed by atoms with E-state index in [4.69, 9.17) is 10.5 Å². The van der Waals surface area contributed by atoms with Gasteiger partial charge in [-0.15, -0.1) is 5.10 Å². The number of nitrogens with two attached hydrogens (primary N) is 1. The number of benzene rings is 2. The first-order valence-electron chi connectivity index (χ1n) is 11.4. The van der Waals surface area contributed by atoms with E-state index in [1.165, 1.54) is 19.1 Å². The average molecular weight is 509 g/mol. The second-order valence-electron chi connectivity index (χ2n) is 8.55. The molecule has 0 saturated heterocycles. The minimum atomic E-state index is -1.16. The molecule has 192 valence electrons. The molecule has 2 aromatic carbocycles. The van der Waals surface area contributed by atoms with Crippen molar-refractivity contribution in [1.82, 2.24) is 30.1 Å². The third-order valence-electron chi connectivity index (χ3n) is 5.41. The van der Waals surface area contributed by atoms with Gasteiger partial charge < -0.3 is 20.7 Å². The number of amides is 1. The van der Waals surface area contributed by atoms with Gasteiger partial charge in [0.15, 0.2) is 17.4 Å². The molecule has 12 heteroatoms. The molecule has 0 atom stereocenters. The maximum absolute atomic E-state index is 15.1. The Morgan fingerprint density at radius 1 is 1.14 bits per heavy atom. The molecule has 0 aliphatic carbocycles. The van der Waals surface area contributed by atoms with Crippen LogP contribution in [0.4, 0.5) is 20.3 Å². The molecule has 0 bridgehead atoms. The van der Waals surface area contributed by atoms with Crippen molar-refractivity contribution in [1.29, 1.82) is 0 Å². The van der Waals surface area contributed by atoms with E-state index in [2.05, 4.69) is 25.8 Å². The van der Waals surface area contributed by atoms with Crippen molar-refractivity contribution in [3.8, 4) is 34.0 Å². The van der Waals surface area contributed by atoms with Crippen molar-refractivity contribution < 1.29 is 18.3 Å². The van der Waals surface area contributed by atoms with Crippen LogP contribution in [0.15, 0.2) is 48.7 Å². The highest BCUT2D eigenvalue weighted by Gasteiger charge is 2.22. The van der Waals surface area contributed by atoms with Crippen LogP contribution in [0.5, 0.6) is 5.75 Å². The highest BCUT2D eigenvalue weighted by molar-refractivity contribution is 5.89. The van der Waals surface area contributed by atoms with E-state index in [1.807, 2.05) is 25.1 Å². The molecule has 4 aromatic rings. The minimum Gasteiger partial charge on any atom is -0.490 e. The lowest BCUT2D eigenvalue weighted by Crippen LogP contribution is -2.16. The summed E-state index contributed by atoms with van der Waals surface area (Å²) in [7, 11) is 3.83. The van der Waals surface area contributed by atoms with Gasteiger partial charge in [0.2, 0.25) is 11.7 Å². The van der Waals surface area contributed by atoms with Gasteiger partial charge in [-0.05, 0) is 66.8 Å². The van der Waals surface area contributed by atoms with Gasteiger partial charge >= 0.3 is 0 Å². The number of halogens is 2. The van der Waals surface area contributed by atoms with Gasteiger partial charge in [0.25, 0.3) is 0 Å². The standard InChI is InChI=1S/C25H26F2N8O2/c1-15(36)30-18-7-4-6-16(12-18)17-13-19(24(28)29-14-17)25-31-32-33-35(25)20-8-9-21(23(27)22(20)26)37-11-5-10-34(2)3/h4,6-9,12-14H,5,10-11H2,1-3H3,(H2,28,29)(H,30,36). The summed E-state index contributed by atoms with van der Waals surface area (Å²) >= 11 is 0. The number of carbonyl (C=O) groups excluding carboxylic acids is 1. The molecule has 0 aliphatic heterocycles. The highest BCUT2D eigenvalue weighted by atomic mass is 19.2. The van der Waals surface area contributed by atoms with Crippen molar-refractivity contribution in [3.05, 3.63) is 60.3 Å². The maximum atomic E-state index is 15.1. The number of nitrogens with zero attached hydrogens (tertiary/aromatic N) is 6. The zero-order valence-corrected chi connectivity index (χ0v) is 20.6. The van der Waals surface area contributed by atoms with Crippen LogP contribution in [0, 0.1) is 11.6 Å². The van der Waals surface area contributed by atoms with Gasteiger partial charge in [-0.2, -0.15) is 9.07 Å². The van der Waals surface area contributed by atoms with Gasteiger partial charge in [0, 0.05) is 30.9 Å². The number of tetrazole rings is 1. The number of ether oxygens (including phenoxy) is 1. The van der Waals surface area contributed by atoms with E-state index in [-0.39, 0.29) is 35.6 Å². The first-order chi connectivity index (χ1) is 17.7. The third-order valence-corrected chi connectivity index (χ3v) is 5.41. The number of anilines is 2. The van der Waals surface area contributed by atoms with Gasteiger partial charge in [-0.3, -0.25) is 4.79 Å². The van der Waals surface area contributed by atoms with Crippen LogP contribution < -0.4 is 15.8 Å². The molecule has 0 fully saturated rings. The molecule has 2 aromatic heterocycles. The molecule has 1 amide bonds. The van der Waals surface area contributed by atoms with E-state index in [1.54, 1.807) is 30.5 Å². The van der Waals surface area contributed by atoms with Crippen LogP contribution in [-0.2, 0) is 4.79 Å². The quantitative estimate of drug-likeness (QED) is 0.329. The number of hydrogen-bond acceptors (Lipinski definition) is 8. The largest absolute Gasteiger partial charge is 0.490 e.